The minimum absolute atomic E-state index is 0.0552. The lowest BCUT2D eigenvalue weighted by atomic mass is 10.3. The molecule has 0 heterocycles. The van der Waals surface area contributed by atoms with Crippen LogP contribution >= 0.6 is 23.5 Å². The van der Waals surface area contributed by atoms with Crippen LogP contribution in [0.4, 0.5) is 0 Å². The van der Waals surface area contributed by atoms with Gasteiger partial charge in [0.25, 0.3) is 0 Å². The van der Waals surface area contributed by atoms with Crippen molar-refractivity contribution in [2.24, 2.45) is 0 Å². The van der Waals surface area contributed by atoms with E-state index in [9.17, 15) is 9.59 Å². The first-order chi connectivity index (χ1) is 7.61. The second-order valence-electron chi connectivity index (χ2n) is 2.93. The zero-order chi connectivity index (χ0) is 12.0. The molecule has 1 aromatic carbocycles. The standard InChI is InChI=1S/C11H12O3S2/c1-8(12)16-7-11(13)14-9-3-5-10(15-2)6-4-9/h3-6H,7H2,1-2H3. The van der Waals surface area contributed by atoms with Crippen LogP contribution in [0.25, 0.3) is 0 Å². The molecule has 3 nitrogen and oxygen atoms in total. The Labute approximate surface area is 103 Å². The van der Waals surface area contributed by atoms with Gasteiger partial charge in [0.05, 0.1) is 5.75 Å². The van der Waals surface area contributed by atoms with E-state index in [1.54, 1.807) is 23.9 Å². The van der Waals surface area contributed by atoms with E-state index >= 15 is 0 Å². The molecule has 0 aliphatic carbocycles. The van der Waals surface area contributed by atoms with E-state index in [0.29, 0.717) is 5.75 Å². The molecular weight excluding hydrogens is 244 g/mol. The van der Waals surface area contributed by atoms with Crippen molar-refractivity contribution in [1.29, 1.82) is 0 Å². The van der Waals surface area contributed by atoms with Gasteiger partial charge in [0.2, 0.25) is 0 Å². The van der Waals surface area contributed by atoms with Gasteiger partial charge in [-0.05, 0) is 30.5 Å². The Hall–Kier alpha value is -0.940. The number of thioether (sulfide) groups is 2. The van der Waals surface area contributed by atoms with Gasteiger partial charge in [-0.15, -0.1) is 11.8 Å². The van der Waals surface area contributed by atoms with Gasteiger partial charge in [-0.2, -0.15) is 0 Å². The monoisotopic (exact) mass is 256 g/mol. The van der Waals surface area contributed by atoms with Crippen molar-refractivity contribution in [3.8, 4) is 5.75 Å². The summed E-state index contributed by atoms with van der Waals surface area (Å²) in [5.74, 6) is 0.156. The van der Waals surface area contributed by atoms with Crippen molar-refractivity contribution in [3.05, 3.63) is 24.3 Å². The maximum atomic E-state index is 11.3. The zero-order valence-corrected chi connectivity index (χ0v) is 10.7. The predicted molar refractivity (Wildman–Crippen MR) is 67.0 cm³/mol. The van der Waals surface area contributed by atoms with Crippen LogP contribution in [0.1, 0.15) is 6.92 Å². The summed E-state index contributed by atoms with van der Waals surface area (Å²) < 4.78 is 5.04. The van der Waals surface area contributed by atoms with Crippen molar-refractivity contribution in [3.63, 3.8) is 0 Å². The number of hydrogen-bond donors (Lipinski definition) is 0. The maximum absolute atomic E-state index is 11.3. The summed E-state index contributed by atoms with van der Waals surface area (Å²) in [6, 6.07) is 7.24. The summed E-state index contributed by atoms with van der Waals surface area (Å²) in [5.41, 5.74) is 0. The fourth-order valence-electron chi connectivity index (χ4n) is 0.965. The van der Waals surface area contributed by atoms with Gasteiger partial charge in [-0.1, -0.05) is 11.8 Å². The molecule has 0 aromatic heterocycles. The highest BCUT2D eigenvalue weighted by molar-refractivity contribution is 8.14. The Morgan fingerprint density at radius 3 is 2.38 bits per heavy atom. The highest BCUT2D eigenvalue weighted by Crippen LogP contribution is 2.19. The Balaban J connectivity index is 2.46. The molecule has 0 amide bonds. The van der Waals surface area contributed by atoms with E-state index < -0.39 is 5.97 Å². The second kappa shape index (κ2) is 6.60. The Morgan fingerprint density at radius 1 is 1.25 bits per heavy atom. The van der Waals surface area contributed by atoms with Crippen LogP contribution in [-0.4, -0.2) is 23.1 Å². The molecule has 1 rings (SSSR count). The first kappa shape index (κ1) is 13.1. The number of hydrogen-bond acceptors (Lipinski definition) is 5. The second-order valence-corrected chi connectivity index (χ2v) is 4.96. The molecule has 0 fully saturated rings. The van der Waals surface area contributed by atoms with Gasteiger partial charge in [0.1, 0.15) is 5.75 Å². The molecule has 0 bridgehead atoms. The van der Waals surface area contributed by atoms with Crippen LogP contribution in [0.2, 0.25) is 0 Å². The summed E-state index contributed by atoms with van der Waals surface area (Å²) in [6.45, 7) is 1.42. The van der Waals surface area contributed by atoms with Crippen LogP contribution in [0.5, 0.6) is 5.75 Å². The van der Waals surface area contributed by atoms with E-state index in [-0.39, 0.29) is 10.9 Å². The molecule has 0 saturated heterocycles. The molecule has 0 unspecified atom stereocenters. The van der Waals surface area contributed by atoms with E-state index in [2.05, 4.69) is 0 Å². The molecule has 0 saturated carbocycles. The molecule has 0 aliphatic rings. The number of carbonyl (C=O) groups is 2. The third-order valence-corrected chi connectivity index (χ3v) is 3.21. The van der Waals surface area contributed by atoms with Gasteiger partial charge in [0.15, 0.2) is 5.12 Å². The number of rotatable bonds is 4. The number of esters is 1. The number of ether oxygens (including phenoxy) is 1. The van der Waals surface area contributed by atoms with Gasteiger partial charge in [0, 0.05) is 11.8 Å². The Kier molecular flexibility index (Phi) is 5.42. The quantitative estimate of drug-likeness (QED) is 0.470. The lowest BCUT2D eigenvalue weighted by Gasteiger charge is -2.03. The number of benzene rings is 1. The lowest BCUT2D eigenvalue weighted by molar-refractivity contribution is -0.131. The third kappa shape index (κ3) is 4.72. The highest BCUT2D eigenvalue weighted by atomic mass is 32.2. The SMILES string of the molecule is CSc1ccc(OC(=O)CSC(C)=O)cc1. The van der Waals surface area contributed by atoms with Crippen LogP contribution < -0.4 is 4.74 Å². The van der Waals surface area contributed by atoms with Crippen LogP contribution in [0.3, 0.4) is 0 Å². The average molecular weight is 256 g/mol. The molecule has 0 atom stereocenters. The summed E-state index contributed by atoms with van der Waals surface area (Å²) in [6.07, 6.45) is 1.98. The van der Waals surface area contributed by atoms with E-state index in [1.165, 1.54) is 6.92 Å². The lowest BCUT2D eigenvalue weighted by Crippen LogP contribution is -2.11. The van der Waals surface area contributed by atoms with Crippen molar-refractivity contribution < 1.29 is 14.3 Å². The zero-order valence-electron chi connectivity index (χ0n) is 9.06. The largest absolute Gasteiger partial charge is 0.426 e. The van der Waals surface area contributed by atoms with Crippen molar-refractivity contribution in [2.45, 2.75) is 11.8 Å². The molecule has 16 heavy (non-hydrogen) atoms. The van der Waals surface area contributed by atoms with Crippen LogP contribution in [0.15, 0.2) is 29.2 Å². The smallest absolute Gasteiger partial charge is 0.321 e. The number of carbonyl (C=O) groups excluding carboxylic acids is 2. The average Bonchev–Trinajstić information content (AvgIpc) is 2.27. The predicted octanol–water partition coefficient (Wildman–Crippen LogP) is 2.59. The van der Waals surface area contributed by atoms with Gasteiger partial charge in [-0.25, -0.2) is 0 Å². The van der Waals surface area contributed by atoms with Gasteiger partial charge in [-0.3, -0.25) is 9.59 Å². The minimum atomic E-state index is -0.405. The molecule has 86 valence electrons. The fourth-order valence-corrected chi connectivity index (χ4v) is 1.75. The molecule has 0 spiro atoms. The van der Waals surface area contributed by atoms with Crippen LogP contribution in [0, 0.1) is 0 Å². The highest BCUT2D eigenvalue weighted by Gasteiger charge is 2.06. The topological polar surface area (TPSA) is 43.4 Å². The van der Waals surface area contributed by atoms with E-state index in [1.807, 2.05) is 18.4 Å². The van der Waals surface area contributed by atoms with Gasteiger partial charge < -0.3 is 4.74 Å². The fraction of sp³-hybridized carbons (Fsp3) is 0.273. The normalized spacial score (nSPS) is 9.88. The summed E-state index contributed by atoms with van der Waals surface area (Å²) in [7, 11) is 0. The van der Waals surface area contributed by atoms with Crippen molar-refractivity contribution >= 4 is 34.6 Å². The molecule has 1 aromatic rings. The first-order valence-electron chi connectivity index (χ1n) is 4.60. The molecule has 0 radical (unpaired) electrons. The molecular formula is C11H12O3S2. The minimum Gasteiger partial charge on any atom is -0.426 e. The van der Waals surface area contributed by atoms with Crippen molar-refractivity contribution in [1.82, 2.24) is 0 Å². The van der Waals surface area contributed by atoms with E-state index in [0.717, 1.165) is 16.7 Å². The Morgan fingerprint density at radius 2 is 1.88 bits per heavy atom. The molecule has 0 N–H and O–H groups in total. The third-order valence-electron chi connectivity index (χ3n) is 1.68. The summed E-state index contributed by atoms with van der Waals surface area (Å²) >= 11 is 2.57. The van der Waals surface area contributed by atoms with Crippen LogP contribution in [-0.2, 0) is 9.59 Å². The van der Waals surface area contributed by atoms with Crippen molar-refractivity contribution in [2.75, 3.05) is 12.0 Å². The molecule has 5 heteroatoms. The van der Waals surface area contributed by atoms with Gasteiger partial charge >= 0.3 is 5.97 Å². The summed E-state index contributed by atoms with van der Waals surface area (Å²) in [5, 5.41) is -0.0883. The first-order valence-corrected chi connectivity index (χ1v) is 6.81. The summed E-state index contributed by atoms with van der Waals surface area (Å²) in [4.78, 5) is 23.0. The Bertz CT molecular complexity index is 373. The maximum Gasteiger partial charge on any atom is 0.321 e. The molecule has 0 aliphatic heterocycles. The van der Waals surface area contributed by atoms with E-state index in [4.69, 9.17) is 4.74 Å².